The van der Waals surface area contributed by atoms with Crippen molar-refractivity contribution in [1.29, 1.82) is 0 Å². The summed E-state index contributed by atoms with van der Waals surface area (Å²) in [5, 5.41) is 3.26. The molecular formula is C12H15N3O2. The Morgan fingerprint density at radius 1 is 1.59 bits per heavy atom. The van der Waals surface area contributed by atoms with Gasteiger partial charge in [-0.05, 0) is 25.1 Å². The minimum absolute atomic E-state index is 0.00454. The number of amides is 1. The van der Waals surface area contributed by atoms with E-state index < -0.39 is 0 Å². The summed E-state index contributed by atoms with van der Waals surface area (Å²) in [4.78, 5) is 18.0. The SMILES string of the molecule is CN1C(=O)C(C2CCNC2)Oc2cccnc21. The lowest BCUT2D eigenvalue weighted by molar-refractivity contribution is -0.128. The Morgan fingerprint density at radius 3 is 3.24 bits per heavy atom. The molecule has 0 saturated carbocycles. The number of aromatic nitrogens is 1. The second-order valence-corrected chi connectivity index (χ2v) is 4.51. The number of hydrogen-bond donors (Lipinski definition) is 1. The fourth-order valence-corrected chi connectivity index (χ4v) is 2.44. The molecule has 2 aliphatic rings. The Labute approximate surface area is 99.8 Å². The third-order valence-corrected chi connectivity index (χ3v) is 3.42. The van der Waals surface area contributed by atoms with Gasteiger partial charge in [-0.2, -0.15) is 0 Å². The maximum absolute atomic E-state index is 12.2. The Morgan fingerprint density at radius 2 is 2.47 bits per heavy atom. The zero-order chi connectivity index (χ0) is 11.8. The lowest BCUT2D eigenvalue weighted by Crippen LogP contribution is -2.48. The molecule has 0 bridgehead atoms. The first-order valence-electron chi connectivity index (χ1n) is 5.87. The van der Waals surface area contributed by atoms with Crippen molar-refractivity contribution in [2.24, 2.45) is 5.92 Å². The first-order valence-corrected chi connectivity index (χ1v) is 5.87. The van der Waals surface area contributed by atoms with Gasteiger partial charge in [0.1, 0.15) is 0 Å². The highest BCUT2D eigenvalue weighted by Gasteiger charge is 2.39. The summed E-state index contributed by atoms with van der Waals surface area (Å²) < 4.78 is 5.80. The Hall–Kier alpha value is -1.62. The summed E-state index contributed by atoms with van der Waals surface area (Å²) in [6.07, 6.45) is 2.29. The van der Waals surface area contributed by atoms with Crippen molar-refractivity contribution < 1.29 is 9.53 Å². The predicted octanol–water partition coefficient (Wildman–Crippen LogP) is 0.415. The minimum Gasteiger partial charge on any atom is -0.476 e. The van der Waals surface area contributed by atoms with Gasteiger partial charge in [0.05, 0.1) is 0 Å². The first-order chi connectivity index (χ1) is 8.27. The van der Waals surface area contributed by atoms with Crippen LogP contribution in [0.3, 0.4) is 0 Å². The number of likely N-dealkylation sites (N-methyl/N-ethyl adjacent to an activating group) is 1. The van der Waals surface area contributed by atoms with Gasteiger partial charge in [-0.1, -0.05) is 0 Å². The van der Waals surface area contributed by atoms with Crippen molar-refractivity contribution in [1.82, 2.24) is 10.3 Å². The summed E-state index contributed by atoms with van der Waals surface area (Å²) in [5.74, 6) is 1.58. The largest absolute Gasteiger partial charge is 0.476 e. The van der Waals surface area contributed by atoms with Crippen LogP contribution >= 0.6 is 0 Å². The number of rotatable bonds is 1. The summed E-state index contributed by atoms with van der Waals surface area (Å²) in [5.41, 5.74) is 0. The van der Waals surface area contributed by atoms with Crippen LogP contribution in [0.15, 0.2) is 18.3 Å². The second-order valence-electron chi connectivity index (χ2n) is 4.51. The topological polar surface area (TPSA) is 54.5 Å². The highest BCUT2D eigenvalue weighted by Crippen LogP contribution is 2.33. The molecule has 1 aromatic rings. The number of fused-ring (bicyclic) bond motifs is 1. The summed E-state index contributed by atoms with van der Waals surface area (Å²) in [6, 6.07) is 3.69. The van der Waals surface area contributed by atoms with Crippen molar-refractivity contribution >= 4 is 11.7 Å². The fraction of sp³-hybridized carbons (Fsp3) is 0.500. The van der Waals surface area contributed by atoms with Gasteiger partial charge in [0.25, 0.3) is 5.91 Å². The van der Waals surface area contributed by atoms with Gasteiger partial charge < -0.3 is 10.1 Å². The van der Waals surface area contributed by atoms with E-state index >= 15 is 0 Å². The molecule has 0 radical (unpaired) electrons. The lowest BCUT2D eigenvalue weighted by atomic mass is 9.99. The molecule has 3 rings (SSSR count). The number of ether oxygens (including phenoxy) is 1. The van der Waals surface area contributed by atoms with Crippen molar-refractivity contribution in [2.75, 3.05) is 25.0 Å². The Bertz CT molecular complexity index is 443. The number of hydrogen-bond acceptors (Lipinski definition) is 4. The molecule has 1 amide bonds. The Kier molecular flexibility index (Phi) is 2.48. The van der Waals surface area contributed by atoms with Crippen LogP contribution in [0, 0.1) is 5.92 Å². The van der Waals surface area contributed by atoms with Crippen LogP contribution < -0.4 is 15.0 Å². The molecule has 5 nitrogen and oxygen atoms in total. The Balaban J connectivity index is 1.92. The highest BCUT2D eigenvalue weighted by atomic mass is 16.5. The zero-order valence-electron chi connectivity index (χ0n) is 9.72. The molecule has 2 aliphatic heterocycles. The number of carbonyl (C=O) groups excluding carboxylic acids is 1. The molecule has 0 spiro atoms. The highest BCUT2D eigenvalue weighted by molar-refractivity contribution is 5.98. The third-order valence-electron chi connectivity index (χ3n) is 3.42. The molecule has 1 fully saturated rings. The number of nitrogens with zero attached hydrogens (tertiary/aromatic N) is 2. The van der Waals surface area contributed by atoms with E-state index in [-0.39, 0.29) is 17.9 Å². The number of carbonyl (C=O) groups is 1. The van der Waals surface area contributed by atoms with Gasteiger partial charge in [0.15, 0.2) is 17.7 Å². The molecule has 1 aromatic heterocycles. The number of nitrogens with one attached hydrogen (secondary N) is 1. The molecule has 2 atom stereocenters. The number of pyridine rings is 1. The molecule has 90 valence electrons. The molecule has 0 aliphatic carbocycles. The second kappa shape index (κ2) is 4.00. The van der Waals surface area contributed by atoms with Gasteiger partial charge in [-0.25, -0.2) is 4.98 Å². The predicted molar refractivity (Wildman–Crippen MR) is 63.0 cm³/mol. The lowest BCUT2D eigenvalue weighted by Gasteiger charge is -2.33. The van der Waals surface area contributed by atoms with E-state index in [0.29, 0.717) is 11.6 Å². The van der Waals surface area contributed by atoms with E-state index in [1.165, 1.54) is 0 Å². The van der Waals surface area contributed by atoms with E-state index in [1.807, 2.05) is 12.1 Å². The maximum Gasteiger partial charge on any atom is 0.269 e. The summed E-state index contributed by atoms with van der Waals surface area (Å²) in [7, 11) is 1.76. The smallest absolute Gasteiger partial charge is 0.269 e. The molecule has 0 aromatic carbocycles. The molecular weight excluding hydrogens is 218 g/mol. The normalized spacial score (nSPS) is 27.8. The molecule has 1 saturated heterocycles. The molecule has 2 unspecified atom stereocenters. The van der Waals surface area contributed by atoms with E-state index in [0.717, 1.165) is 19.5 Å². The van der Waals surface area contributed by atoms with Gasteiger partial charge in [0.2, 0.25) is 0 Å². The average Bonchev–Trinajstić information content (AvgIpc) is 2.87. The zero-order valence-corrected chi connectivity index (χ0v) is 9.72. The third kappa shape index (κ3) is 1.67. The van der Waals surface area contributed by atoms with Crippen LogP contribution in [-0.2, 0) is 4.79 Å². The van der Waals surface area contributed by atoms with Crippen LogP contribution in [0.1, 0.15) is 6.42 Å². The van der Waals surface area contributed by atoms with E-state index in [2.05, 4.69) is 10.3 Å². The van der Waals surface area contributed by atoms with Crippen molar-refractivity contribution in [3.8, 4) is 5.75 Å². The quantitative estimate of drug-likeness (QED) is 0.763. The van der Waals surface area contributed by atoms with Crippen molar-refractivity contribution in [2.45, 2.75) is 12.5 Å². The van der Waals surface area contributed by atoms with Crippen LogP contribution in [0.5, 0.6) is 5.75 Å². The van der Waals surface area contributed by atoms with Crippen LogP contribution in [0.25, 0.3) is 0 Å². The molecule has 1 N–H and O–H groups in total. The van der Waals surface area contributed by atoms with E-state index in [4.69, 9.17) is 4.74 Å². The molecule has 3 heterocycles. The van der Waals surface area contributed by atoms with Gasteiger partial charge in [0, 0.05) is 25.7 Å². The van der Waals surface area contributed by atoms with Gasteiger partial charge >= 0.3 is 0 Å². The van der Waals surface area contributed by atoms with Crippen LogP contribution in [0.2, 0.25) is 0 Å². The van der Waals surface area contributed by atoms with Crippen molar-refractivity contribution in [3.63, 3.8) is 0 Å². The average molecular weight is 233 g/mol. The van der Waals surface area contributed by atoms with Gasteiger partial charge in [-0.3, -0.25) is 9.69 Å². The van der Waals surface area contributed by atoms with Crippen LogP contribution in [0.4, 0.5) is 5.82 Å². The number of anilines is 1. The van der Waals surface area contributed by atoms with E-state index in [1.54, 1.807) is 18.1 Å². The summed E-state index contributed by atoms with van der Waals surface area (Å²) >= 11 is 0. The first kappa shape index (κ1) is 10.5. The maximum atomic E-state index is 12.2. The van der Waals surface area contributed by atoms with Crippen molar-refractivity contribution in [3.05, 3.63) is 18.3 Å². The van der Waals surface area contributed by atoms with E-state index in [9.17, 15) is 4.79 Å². The molecule has 17 heavy (non-hydrogen) atoms. The van der Waals surface area contributed by atoms with Crippen LogP contribution in [-0.4, -0.2) is 37.1 Å². The monoisotopic (exact) mass is 233 g/mol. The standard InChI is InChI=1S/C12H15N3O2/c1-15-11-9(3-2-5-14-11)17-10(12(15)16)8-4-6-13-7-8/h2-3,5,8,10,13H,4,6-7H2,1H3. The molecule has 5 heteroatoms. The minimum atomic E-state index is -0.369. The fourth-order valence-electron chi connectivity index (χ4n) is 2.44. The van der Waals surface area contributed by atoms with Gasteiger partial charge in [-0.15, -0.1) is 0 Å². The summed E-state index contributed by atoms with van der Waals surface area (Å²) in [6.45, 7) is 1.81.